The average molecular weight is 638 g/mol. The Morgan fingerprint density at radius 1 is 0.756 bits per heavy atom. The van der Waals surface area contributed by atoms with E-state index in [1.807, 2.05) is 0 Å². The Labute approximate surface area is 235 Å². The third-order valence-corrected chi connectivity index (χ3v) is 6.18. The van der Waals surface area contributed by atoms with Gasteiger partial charge in [0.1, 0.15) is 36.6 Å². The molecule has 4 rings (SSSR count). The van der Waals surface area contributed by atoms with Crippen molar-refractivity contribution in [2.75, 3.05) is 13.2 Å². The SMILES string of the molecule is O=C([O-])[C@@]1(n2ccc(=O)[nH]c2=O)O[C@H](CO)[C@@H](O)[C@H]1O.O=C([O-])[C@@]1(n2ccc(=O)[nH]c2=O)O[C@H](CO)[C@@H](O)[C@H]1O.[Cu+2]. The van der Waals surface area contributed by atoms with E-state index in [9.17, 15) is 59.4 Å². The van der Waals surface area contributed by atoms with Crippen LogP contribution in [0.5, 0.6) is 0 Å². The van der Waals surface area contributed by atoms with Crippen LogP contribution in [0.4, 0.5) is 0 Å². The number of ether oxygens (including phenoxy) is 2. The second-order valence-corrected chi connectivity index (χ2v) is 8.48. The number of aliphatic hydroxyl groups is 6. The summed E-state index contributed by atoms with van der Waals surface area (Å²) in [5.74, 6) is -4.01. The molecule has 0 aliphatic carbocycles. The van der Waals surface area contributed by atoms with E-state index in [1.165, 1.54) is 0 Å². The molecule has 2 aromatic rings. The predicted octanol–water partition coefficient (Wildman–Crippen LogP) is -9.90. The Balaban J connectivity index is 0.000000280. The summed E-state index contributed by atoms with van der Waals surface area (Å²) < 4.78 is 10.6. The fourth-order valence-corrected chi connectivity index (χ4v) is 4.19. The number of aromatic amines is 2. The van der Waals surface area contributed by atoms with Gasteiger partial charge < -0.3 is 59.9 Å². The normalized spacial score (nSPS) is 32.4. The fraction of sp³-hybridized carbons (Fsp3) is 0.500. The van der Waals surface area contributed by atoms with E-state index in [-0.39, 0.29) is 17.1 Å². The molecular formula is C20H22CuN4O16. The van der Waals surface area contributed by atoms with Crippen molar-refractivity contribution in [1.82, 2.24) is 19.1 Å². The topological polar surface area (TPSA) is 330 Å². The van der Waals surface area contributed by atoms with Crippen LogP contribution >= 0.6 is 0 Å². The van der Waals surface area contributed by atoms with Gasteiger partial charge in [0, 0.05) is 24.5 Å². The molecule has 0 saturated carbocycles. The van der Waals surface area contributed by atoms with Gasteiger partial charge in [0.05, 0.1) is 25.2 Å². The quantitative estimate of drug-likeness (QED) is 0.136. The number of carbonyl (C=O) groups is 2. The summed E-state index contributed by atoms with van der Waals surface area (Å²) in [5.41, 5.74) is -9.40. The molecule has 0 unspecified atom stereocenters. The van der Waals surface area contributed by atoms with Crippen molar-refractivity contribution < 1.29 is 77.0 Å². The van der Waals surface area contributed by atoms with E-state index < -0.39 is 95.7 Å². The zero-order valence-corrected chi connectivity index (χ0v) is 21.1. The van der Waals surface area contributed by atoms with Crippen LogP contribution < -0.4 is 32.7 Å². The zero-order valence-electron chi connectivity index (χ0n) is 20.1. The first-order chi connectivity index (χ1) is 18.7. The molecule has 0 amide bonds. The van der Waals surface area contributed by atoms with E-state index in [0.717, 1.165) is 24.5 Å². The van der Waals surface area contributed by atoms with Crippen molar-refractivity contribution in [3.8, 4) is 0 Å². The van der Waals surface area contributed by atoms with Gasteiger partial charge in [0.25, 0.3) is 11.1 Å². The smallest absolute Gasteiger partial charge is 0.545 e. The Morgan fingerprint density at radius 2 is 1.07 bits per heavy atom. The van der Waals surface area contributed by atoms with Crippen LogP contribution in [0, 0.1) is 0 Å². The largest absolute Gasteiger partial charge is 2.00 e. The van der Waals surface area contributed by atoms with Gasteiger partial charge in [-0.1, -0.05) is 0 Å². The zero-order chi connectivity index (χ0) is 30.2. The molecule has 41 heavy (non-hydrogen) atoms. The van der Waals surface area contributed by atoms with Crippen molar-refractivity contribution in [1.29, 1.82) is 0 Å². The first kappa shape index (κ1) is 33.7. The van der Waals surface area contributed by atoms with Crippen LogP contribution in [-0.2, 0) is 47.6 Å². The van der Waals surface area contributed by atoms with Gasteiger partial charge in [-0.2, -0.15) is 0 Å². The maximum absolute atomic E-state index is 11.7. The van der Waals surface area contributed by atoms with Gasteiger partial charge in [0.15, 0.2) is 0 Å². The number of hydrogen-bond acceptors (Lipinski definition) is 16. The van der Waals surface area contributed by atoms with Gasteiger partial charge in [-0.05, 0) is 0 Å². The van der Waals surface area contributed by atoms with Gasteiger partial charge in [-0.15, -0.1) is 0 Å². The molecule has 2 fully saturated rings. The Bertz CT molecular complexity index is 1390. The summed E-state index contributed by atoms with van der Waals surface area (Å²) >= 11 is 0. The van der Waals surface area contributed by atoms with Gasteiger partial charge >= 0.3 is 28.4 Å². The van der Waals surface area contributed by atoms with E-state index in [4.69, 9.17) is 19.7 Å². The number of carbonyl (C=O) groups excluding carboxylic acids is 2. The molecule has 20 nitrogen and oxygen atoms in total. The molecule has 2 aromatic heterocycles. The maximum atomic E-state index is 11.7. The second kappa shape index (κ2) is 12.6. The summed E-state index contributed by atoms with van der Waals surface area (Å²) in [6, 6.07) is 1.67. The van der Waals surface area contributed by atoms with Gasteiger partial charge in [0.2, 0.25) is 11.4 Å². The average Bonchev–Trinajstić information content (AvgIpc) is 3.30. The summed E-state index contributed by atoms with van der Waals surface area (Å²) in [6.45, 7) is -1.57. The first-order valence-electron chi connectivity index (χ1n) is 11.1. The predicted molar refractivity (Wildman–Crippen MR) is 117 cm³/mol. The Morgan fingerprint density at radius 3 is 1.29 bits per heavy atom. The van der Waals surface area contributed by atoms with E-state index in [1.54, 1.807) is 9.97 Å². The molecule has 2 saturated heterocycles. The number of hydrogen-bond donors (Lipinski definition) is 8. The number of carboxylic acid groups (broad SMARTS) is 2. The molecule has 8 N–H and O–H groups in total. The maximum Gasteiger partial charge on any atom is 2.00 e. The molecule has 21 heteroatoms. The molecular weight excluding hydrogens is 616 g/mol. The van der Waals surface area contributed by atoms with Crippen LogP contribution in [0.3, 0.4) is 0 Å². The molecule has 229 valence electrons. The minimum Gasteiger partial charge on any atom is -0.545 e. The molecule has 8 atom stereocenters. The van der Waals surface area contributed by atoms with Crippen LogP contribution in [0.25, 0.3) is 0 Å². The third kappa shape index (κ3) is 5.55. The number of aromatic nitrogens is 4. The number of carboxylic acids is 2. The number of nitrogens with one attached hydrogen (secondary N) is 2. The monoisotopic (exact) mass is 637 g/mol. The van der Waals surface area contributed by atoms with Crippen LogP contribution in [0.15, 0.2) is 43.7 Å². The first-order valence-corrected chi connectivity index (χ1v) is 11.1. The van der Waals surface area contributed by atoms with Crippen molar-refractivity contribution >= 4 is 11.9 Å². The number of aliphatic hydroxyl groups excluding tert-OH is 6. The Hall–Kier alpha value is -3.50. The van der Waals surface area contributed by atoms with E-state index in [0.29, 0.717) is 9.13 Å². The molecule has 0 spiro atoms. The molecule has 4 heterocycles. The molecule has 0 aromatic carbocycles. The summed E-state index contributed by atoms with van der Waals surface area (Å²) in [7, 11) is 0. The van der Waals surface area contributed by atoms with Gasteiger partial charge in [-0.25, -0.2) is 9.59 Å². The molecule has 1 radical (unpaired) electrons. The fourth-order valence-electron chi connectivity index (χ4n) is 4.19. The number of rotatable bonds is 6. The van der Waals surface area contributed by atoms with Gasteiger partial charge in [-0.3, -0.25) is 28.7 Å². The minimum atomic E-state index is -2.74. The molecule has 2 aliphatic heterocycles. The van der Waals surface area contributed by atoms with Crippen molar-refractivity contribution in [3.63, 3.8) is 0 Å². The Kier molecular flexibility index (Phi) is 10.3. The number of nitrogens with zero attached hydrogens (tertiary/aromatic N) is 2. The van der Waals surface area contributed by atoms with E-state index in [2.05, 4.69) is 0 Å². The summed E-state index contributed by atoms with van der Waals surface area (Å²) in [5, 5.41) is 79.6. The van der Waals surface area contributed by atoms with E-state index >= 15 is 0 Å². The number of aliphatic carboxylic acids is 2. The number of H-pyrrole nitrogens is 2. The third-order valence-electron chi connectivity index (χ3n) is 6.18. The second-order valence-electron chi connectivity index (χ2n) is 8.48. The van der Waals surface area contributed by atoms with Crippen molar-refractivity contribution in [3.05, 3.63) is 66.2 Å². The van der Waals surface area contributed by atoms with Crippen LogP contribution in [0.2, 0.25) is 0 Å². The van der Waals surface area contributed by atoms with Crippen molar-refractivity contribution in [2.45, 2.75) is 48.1 Å². The van der Waals surface area contributed by atoms with Crippen molar-refractivity contribution in [2.24, 2.45) is 0 Å². The minimum absolute atomic E-state index is 0. The molecule has 2 aliphatic rings. The molecule has 0 bridgehead atoms. The summed E-state index contributed by atoms with van der Waals surface area (Å²) in [6.07, 6.45) is -8.95. The standard InChI is InChI=1S/2C10H12N2O8.Cu/c2*13-3-4-6(15)7(16)10(20-4,8(17)18)12-2-1-5(14)11-9(12)19;/h2*1-2,4,6-7,13,15-16H,3H2,(H,17,18)(H,11,14,19);/q;;+2/p-2/t2*4-,6-,7-,10+;/m11./s1. The summed E-state index contributed by atoms with van der Waals surface area (Å²) in [4.78, 5) is 71.5. The van der Waals surface area contributed by atoms with Crippen LogP contribution in [-0.4, -0.2) is 112 Å². The van der Waals surface area contributed by atoms with Crippen LogP contribution in [0.1, 0.15) is 0 Å².